The third-order valence-electron chi connectivity index (χ3n) is 4.29. The predicted molar refractivity (Wildman–Crippen MR) is 114 cm³/mol. The van der Waals surface area contributed by atoms with E-state index >= 15 is 0 Å². The Bertz CT molecular complexity index is 928. The van der Waals surface area contributed by atoms with E-state index in [1.807, 2.05) is 33.0 Å². The number of hydrogen-bond donors (Lipinski definition) is 0. The minimum atomic E-state index is 0.417. The first-order chi connectivity index (χ1) is 13.1. The monoisotopic (exact) mass is 377 g/mol. The van der Waals surface area contributed by atoms with Gasteiger partial charge in [0.25, 0.3) is 0 Å². The van der Waals surface area contributed by atoms with E-state index in [1.165, 1.54) is 11.1 Å². The number of hydrogen-bond acceptors (Lipinski definition) is 5. The van der Waals surface area contributed by atoms with Crippen LogP contribution >= 0.6 is 12.2 Å². The second-order valence-electron chi connectivity index (χ2n) is 6.23. The van der Waals surface area contributed by atoms with Crippen LogP contribution in [0.2, 0.25) is 0 Å². The SMILES string of the molecule is CCOC(=S)c1cnc(C)nc1N(C)c1ccccc1Cc1ccccc1. The lowest BCUT2D eigenvalue weighted by molar-refractivity contribution is 0.337. The van der Waals surface area contributed by atoms with Gasteiger partial charge in [0.1, 0.15) is 11.6 Å². The van der Waals surface area contributed by atoms with Crippen molar-refractivity contribution in [2.24, 2.45) is 0 Å². The summed E-state index contributed by atoms with van der Waals surface area (Å²) in [6.45, 7) is 4.31. The molecular formula is C22H23N3OS. The van der Waals surface area contributed by atoms with Gasteiger partial charge in [0.2, 0.25) is 0 Å². The number of anilines is 2. The maximum Gasteiger partial charge on any atom is 0.196 e. The average molecular weight is 378 g/mol. The van der Waals surface area contributed by atoms with Gasteiger partial charge in [-0.25, -0.2) is 9.97 Å². The van der Waals surface area contributed by atoms with Crippen molar-refractivity contribution in [1.29, 1.82) is 0 Å². The van der Waals surface area contributed by atoms with Crippen molar-refractivity contribution in [3.63, 3.8) is 0 Å². The molecule has 1 heterocycles. The van der Waals surface area contributed by atoms with Gasteiger partial charge in [0.05, 0.1) is 12.2 Å². The fourth-order valence-corrected chi connectivity index (χ4v) is 3.25. The Balaban J connectivity index is 2.01. The number of aryl methyl sites for hydroxylation is 1. The van der Waals surface area contributed by atoms with Gasteiger partial charge >= 0.3 is 0 Å². The molecule has 0 unspecified atom stereocenters. The van der Waals surface area contributed by atoms with Gasteiger partial charge in [-0.05, 0) is 49.7 Å². The highest BCUT2D eigenvalue weighted by Crippen LogP contribution is 2.30. The highest BCUT2D eigenvalue weighted by atomic mass is 32.1. The van der Waals surface area contributed by atoms with Crippen LogP contribution in [0.4, 0.5) is 11.5 Å². The van der Waals surface area contributed by atoms with E-state index in [0.717, 1.165) is 23.5 Å². The Morgan fingerprint density at radius 2 is 1.78 bits per heavy atom. The van der Waals surface area contributed by atoms with Crippen LogP contribution in [-0.4, -0.2) is 28.7 Å². The van der Waals surface area contributed by atoms with Gasteiger partial charge in [-0.2, -0.15) is 0 Å². The van der Waals surface area contributed by atoms with E-state index in [9.17, 15) is 0 Å². The summed E-state index contributed by atoms with van der Waals surface area (Å²) in [6, 6.07) is 18.8. The lowest BCUT2D eigenvalue weighted by Crippen LogP contribution is -2.19. The molecule has 2 aromatic carbocycles. The molecule has 5 heteroatoms. The number of benzene rings is 2. The summed E-state index contributed by atoms with van der Waals surface area (Å²) >= 11 is 5.43. The van der Waals surface area contributed by atoms with Crippen molar-refractivity contribution in [2.45, 2.75) is 20.3 Å². The molecule has 3 aromatic rings. The Morgan fingerprint density at radius 1 is 1.07 bits per heavy atom. The Hall–Kier alpha value is -2.79. The largest absolute Gasteiger partial charge is 0.483 e. The zero-order valence-electron chi connectivity index (χ0n) is 15.8. The van der Waals surface area contributed by atoms with Crippen molar-refractivity contribution >= 4 is 28.8 Å². The van der Waals surface area contributed by atoms with Crippen LogP contribution in [0.5, 0.6) is 0 Å². The molecule has 0 amide bonds. The van der Waals surface area contributed by atoms with Crippen LogP contribution in [-0.2, 0) is 11.2 Å². The molecule has 0 saturated heterocycles. The Kier molecular flexibility index (Phi) is 6.14. The van der Waals surface area contributed by atoms with Crippen LogP contribution in [0, 0.1) is 6.92 Å². The summed E-state index contributed by atoms with van der Waals surface area (Å²) < 4.78 is 5.55. The molecule has 0 radical (unpaired) electrons. The molecule has 27 heavy (non-hydrogen) atoms. The number of para-hydroxylation sites is 1. The summed E-state index contributed by atoms with van der Waals surface area (Å²) in [6.07, 6.45) is 2.59. The fourth-order valence-electron chi connectivity index (χ4n) is 2.98. The lowest BCUT2D eigenvalue weighted by atomic mass is 10.0. The van der Waals surface area contributed by atoms with Gasteiger partial charge in [-0.3, -0.25) is 0 Å². The smallest absolute Gasteiger partial charge is 0.196 e. The number of nitrogens with zero attached hydrogens (tertiary/aromatic N) is 3. The van der Waals surface area contributed by atoms with E-state index in [2.05, 4.69) is 57.3 Å². The van der Waals surface area contributed by atoms with Gasteiger partial charge in [0, 0.05) is 18.9 Å². The first-order valence-electron chi connectivity index (χ1n) is 8.96. The molecule has 0 aliphatic heterocycles. The third kappa shape index (κ3) is 4.49. The zero-order chi connectivity index (χ0) is 19.2. The van der Waals surface area contributed by atoms with Crippen LogP contribution in [0.3, 0.4) is 0 Å². The summed E-state index contributed by atoms with van der Waals surface area (Å²) in [5, 5.41) is 0.417. The molecule has 0 aliphatic carbocycles. The summed E-state index contributed by atoms with van der Waals surface area (Å²) in [7, 11) is 2.00. The van der Waals surface area contributed by atoms with E-state index in [0.29, 0.717) is 17.5 Å². The standard InChI is InChI=1S/C22H23N3OS/c1-4-26-22(27)19-15-23-16(2)24-21(19)25(3)20-13-9-8-12-18(20)14-17-10-6-5-7-11-17/h5-13,15H,4,14H2,1-3H3. The highest BCUT2D eigenvalue weighted by Gasteiger charge is 2.18. The molecule has 0 aliphatic rings. The quantitative estimate of drug-likeness (QED) is 0.574. The van der Waals surface area contributed by atoms with Crippen LogP contribution in [0.1, 0.15) is 29.4 Å². The van der Waals surface area contributed by atoms with Gasteiger partial charge < -0.3 is 9.64 Å². The molecule has 138 valence electrons. The zero-order valence-corrected chi connectivity index (χ0v) is 16.7. The fraction of sp³-hybridized carbons (Fsp3) is 0.227. The molecule has 0 saturated carbocycles. The maximum absolute atomic E-state index is 5.55. The van der Waals surface area contributed by atoms with Crippen LogP contribution in [0.25, 0.3) is 0 Å². The topological polar surface area (TPSA) is 38.3 Å². The molecule has 1 aromatic heterocycles. The normalized spacial score (nSPS) is 10.5. The van der Waals surface area contributed by atoms with E-state index in [1.54, 1.807) is 6.20 Å². The summed E-state index contributed by atoms with van der Waals surface area (Å²) in [5.74, 6) is 1.45. The van der Waals surface area contributed by atoms with Crippen LogP contribution < -0.4 is 4.90 Å². The number of thiocarbonyl (C=S) groups is 1. The third-order valence-corrected chi connectivity index (χ3v) is 4.63. The second kappa shape index (κ2) is 8.73. The van der Waals surface area contributed by atoms with Crippen LogP contribution in [0.15, 0.2) is 60.8 Å². The van der Waals surface area contributed by atoms with Gasteiger partial charge in [0.15, 0.2) is 5.05 Å². The van der Waals surface area contributed by atoms with E-state index in [-0.39, 0.29) is 0 Å². The van der Waals surface area contributed by atoms with E-state index in [4.69, 9.17) is 17.0 Å². The van der Waals surface area contributed by atoms with Gasteiger partial charge in [-0.15, -0.1) is 0 Å². The second-order valence-corrected chi connectivity index (χ2v) is 6.60. The van der Waals surface area contributed by atoms with Crippen molar-refractivity contribution < 1.29 is 4.74 Å². The lowest BCUT2D eigenvalue weighted by Gasteiger charge is -2.24. The number of ether oxygens (including phenoxy) is 1. The molecule has 3 rings (SSSR count). The molecule has 0 atom stereocenters. The number of aromatic nitrogens is 2. The predicted octanol–water partition coefficient (Wildman–Crippen LogP) is 4.86. The molecular weight excluding hydrogens is 354 g/mol. The first kappa shape index (κ1) is 19.0. The minimum Gasteiger partial charge on any atom is -0.483 e. The average Bonchev–Trinajstić information content (AvgIpc) is 2.69. The van der Waals surface area contributed by atoms with Crippen molar-refractivity contribution in [3.05, 3.63) is 83.3 Å². The molecule has 0 N–H and O–H groups in total. The van der Waals surface area contributed by atoms with E-state index < -0.39 is 0 Å². The highest BCUT2D eigenvalue weighted by molar-refractivity contribution is 7.80. The van der Waals surface area contributed by atoms with Crippen molar-refractivity contribution in [1.82, 2.24) is 9.97 Å². The first-order valence-corrected chi connectivity index (χ1v) is 9.37. The number of rotatable bonds is 6. The Labute approximate surface area is 165 Å². The molecule has 0 bridgehead atoms. The summed E-state index contributed by atoms with van der Waals surface area (Å²) in [5.41, 5.74) is 4.30. The molecule has 0 spiro atoms. The molecule has 0 fully saturated rings. The van der Waals surface area contributed by atoms with Crippen molar-refractivity contribution in [2.75, 3.05) is 18.6 Å². The minimum absolute atomic E-state index is 0.417. The maximum atomic E-state index is 5.55. The van der Waals surface area contributed by atoms with Crippen molar-refractivity contribution in [3.8, 4) is 0 Å². The van der Waals surface area contributed by atoms with Gasteiger partial charge in [-0.1, -0.05) is 48.5 Å². The summed E-state index contributed by atoms with van der Waals surface area (Å²) in [4.78, 5) is 11.0. The Morgan fingerprint density at radius 3 is 2.52 bits per heavy atom. The molecule has 4 nitrogen and oxygen atoms in total.